The summed E-state index contributed by atoms with van der Waals surface area (Å²) in [6.45, 7) is 3.32. The van der Waals surface area contributed by atoms with Crippen LogP contribution in [0.25, 0.3) is 11.3 Å². The van der Waals surface area contributed by atoms with Crippen molar-refractivity contribution in [1.82, 2.24) is 14.3 Å². The molecule has 0 saturated carbocycles. The zero-order valence-electron chi connectivity index (χ0n) is 18.1. The van der Waals surface area contributed by atoms with Crippen molar-refractivity contribution in [2.24, 2.45) is 0 Å². The Morgan fingerprint density at radius 1 is 1.00 bits per heavy atom. The maximum absolute atomic E-state index is 13.2. The summed E-state index contributed by atoms with van der Waals surface area (Å²) in [6.07, 6.45) is 1.80. The maximum atomic E-state index is 13.2. The number of halogens is 1. The molecule has 33 heavy (non-hydrogen) atoms. The van der Waals surface area contributed by atoms with Gasteiger partial charge in [0, 0.05) is 49.9 Å². The second-order valence-corrected chi connectivity index (χ2v) is 9.52. The Kier molecular flexibility index (Phi) is 6.66. The first-order chi connectivity index (χ1) is 15.9. The Morgan fingerprint density at radius 2 is 1.67 bits per heavy atom. The lowest BCUT2D eigenvalue weighted by molar-refractivity contribution is -0.115. The molecule has 0 spiro atoms. The van der Waals surface area contributed by atoms with E-state index in [1.807, 2.05) is 11.0 Å². The highest BCUT2D eigenvalue weighted by molar-refractivity contribution is 7.89. The van der Waals surface area contributed by atoms with E-state index in [4.69, 9.17) is 0 Å². The zero-order valence-corrected chi connectivity index (χ0v) is 18.9. The number of rotatable bonds is 6. The summed E-state index contributed by atoms with van der Waals surface area (Å²) in [5.74, 6) is 0.247. The smallest absolute Gasteiger partial charge is 0.243 e. The molecule has 8 nitrogen and oxygen atoms in total. The minimum atomic E-state index is -3.65. The van der Waals surface area contributed by atoms with Crippen LogP contribution in [0.4, 0.5) is 15.9 Å². The van der Waals surface area contributed by atoms with Gasteiger partial charge in [-0.15, -0.1) is 0 Å². The van der Waals surface area contributed by atoms with Gasteiger partial charge in [-0.1, -0.05) is 6.92 Å². The molecule has 172 valence electrons. The number of carbonyl (C=O) groups is 1. The second-order valence-electron chi connectivity index (χ2n) is 7.59. The van der Waals surface area contributed by atoms with Crippen molar-refractivity contribution in [3.8, 4) is 11.3 Å². The summed E-state index contributed by atoms with van der Waals surface area (Å²) >= 11 is 0. The second kappa shape index (κ2) is 9.63. The zero-order chi connectivity index (χ0) is 23.4. The fraction of sp³-hybridized carbons (Fsp3) is 0.261. The van der Waals surface area contributed by atoms with E-state index >= 15 is 0 Å². The number of amides is 1. The molecule has 3 aromatic rings. The van der Waals surface area contributed by atoms with Crippen LogP contribution in [0.3, 0.4) is 0 Å². The van der Waals surface area contributed by atoms with E-state index < -0.39 is 10.0 Å². The molecule has 1 saturated heterocycles. The number of anilines is 2. The SMILES string of the molecule is CCC(=O)Nc1ccc(S(=O)(=O)N2CCN(c3cc(-c4ccc(F)cc4)ncn3)CC2)cc1. The number of aromatic nitrogens is 2. The van der Waals surface area contributed by atoms with Crippen LogP contribution >= 0.6 is 0 Å². The van der Waals surface area contributed by atoms with E-state index in [1.165, 1.54) is 34.9 Å². The highest BCUT2D eigenvalue weighted by atomic mass is 32.2. The average molecular weight is 470 g/mol. The number of carbonyl (C=O) groups excluding carboxylic acids is 1. The molecular formula is C23H24FN5O3S. The summed E-state index contributed by atoms with van der Waals surface area (Å²) in [4.78, 5) is 22.3. The standard InChI is InChI=1S/C23H24FN5O3S/c1-2-23(30)27-19-7-9-20(10-8-19)33(31,32)29-13-11-28(12-14-29)22-15-21(25-16-26-22)17-3-5-18(24)6-4-17/h3-10,15-16H,2,11-14H2,1H3,(H,27,30). The third-order valence-electron chi connectivity index (χ3n) is 5.45. The van der Waals surface area contributed by atoms with E-state index in [9.17, 15) is 17.6 Å². The quantitative estimate of drug-likeness (QED) is 0.596. The Labute approximate surface area is 192 Å². The predicted molar refractivity (Wildman–Crippen MR) is 124 cm³/mol. The van der Waals surface area contributed by atoms with E-state index in [-0.39, 0.29) is 16.6 Å². The molecular weight excluding hydrogens is 445 g/mol. The van der Waals surface area contributed by atoms with Gasteiger partial charge in [0.15, 0.2) is 0 Å². The summed E-state index contributed by atoms with van der Waals surface area (Å²) in [5.41, 5.74) is 2.01. The molecule has 0 bridgehead atoms. The molecule has 1 aliphatic heterocycles. The Balaban J connectivity index is 1.42. The molecule has 0 unspecified atom stereocenters. The molecule has 10 heteroatoms. The van der Waals surface area contributed by atoms with Gasteiger partial charge in [-0.2, -0.15) is 4.31 Å². The summed E-state index contributed by atoms with van der Waals surface area (Å²) in [6, 6.07) is 14.1. The molecule has 1 aliphatic rings. The third kappa shape index (κ3) is 5.18. The molecule has 1 aromatic heterocycles. The topological polar surface area (TPSA) is 95.5 Å². The highest BCUT2D eigenvalue weighted by Gasteiger charge is 2.29. The minimum absolute atomic E-state index is 0.131. The number of benzene rings is 2. The van der Waals surface area contributed by atoms with Crippen LogP contribution in [0, 0.1) is 5.82 Å². The van der Waals surface area contributed by atoms with Crippen LogP contribution < -0.4 is 10.2 Å². The fourth-order valence-corrected chi connectivity index (χ4v) is 4.99. The molecule has 0 radical (unpaired) electrons. The number of hydrogen-bond acceptors (Lipinski definition) is 6. The summed E-state index contributed by atoms with van der Waals surface area (Å²) < 4.78 is 40.8. The molecule has 0 atom stereocenters. The van der Waals surface area contributed by atoms with Gasteiger partial charge in [-0.3, -0.25) is 4.79 Å². The van der Waals surface area contributed by atoms with Crippen molar-refractivity contribution in [2.75, 3.05) is 36.4 Å². The van der Waals surface area contributed by atoms with Crippen molar-refractivity contribution >= 4 is 27.4 Å². The van der Waals surface area contributed by atoms with Gasteiger partial charge >= 0.3 is 0 Å². The number of piperazine rings is 1. The first-order valence-corrected chi connectivity index (χ1v) is 12.0. The molecule has 1 fully saturated rings. The van der Waals surface area contributed by atoms with Crippen LogP contribution in [0.15, 0.2) is 65.8 Å². The van der Waals surface area contributed by atoms with E-state index in [0.29, 0.717) is 49.8 Å². The molecule has 1 N–H and O–H groups in total. The summed E-state index contributed by atoms with van der Waals surface area (Å²) in [5, 5.41) is 2.71. The first kappa shape index (κ1) is 22.8. The lowest BCUT2D eigenvalue weighted by Crippen LogP contribution is -2.48. The van der Waals surface area contributed by atoms with Crippen molar-refractivity contribution in [3.63, 3.8) is 0 Å². The summed E-state index contributed by atoms with van der Waals surface area (Å²) in [7, 11) is -3.65. The van der Waals surface area contributed by atoms with Gasteiger partial charge in [0.2, 0.25) is 15.9 Å². The monoisotopic (exact) mass is 469 g/mol. The Hall–Kier alpha value is -3.37. The van der Waals surface area contributed by atoms with E-state index in [2.05, 4.69) is 15.3 Å². The molecule has 4 rings (SSSR count). The molecule has 2 aromatic carbocycles. The van der Waals surface area contributed by atoms with Crippen LogP contribution in [-0.2, 0) is 14.8 Å². The van der Waals surface area contributed by atoms with Gasteiger partial charge in [0.05, 0.1) is 10.6 Å². The number of sulfonamides is 1. The van der Waals surface area contributed by atoms with Crippen LogP contribution in [0.5, 0.6) is 0 Å². The lowest BCUT2D eigenvalue weighted by Gasteiger charge is -2.34. The number of nitrogens with zero attached hydrogens (tertiary/aromatic N) is 4. The van der Waals surface area contributed by atoms with Gasteiger partial charge in [-0.05, 0) is 48.5 Å². The van der Waals surface area contributed by atoms with Crippen LogP contribution in [0.2, 0.25) is 0 Å². The third-order valence-corrected chi connectivity index (χ3v) is 7.37. The van der Waals surface area contributed by atoms with Crippen molar-refractivity contribution in [2.45, 2.75) is 18.2 Å². The average Bonchev–Trinajstić information content (AvgIpc) is 2.85. The molecule has 1 amide bonds. The van der Waals surface area contributed by atoms with Crippen LogP contribution in [-0.4, -0.2) is 54.8 Å². The van der Waals surface area contributed by atoms with Gasteiger partial charge in [0.25, 0.3) is 0 Å². The van der Waals surface area contributed by atoms with Crippen molar-refractivity contribution in [1.29, 1.82) is 0 Å². The fourth-order valence-electron chi connectivity index (χ4n) is 3.56. The normalized spacial score (nSPS) is 14.8. The van der Waals surface area contributed by atoms with Gasteiger partial charge < -0.3 is 10.2 Å². The maximum Gasteiger partial charge on any atom is 0.243 e. The number of nitrogens with one attached hydrogen (secondary N) is 1. The predicted octanol–water partition coefficient (Wildman–Crippen LogP) is 3.14. The van der Waals surface area contributed by atoms with E-state index in [0.717, 1.165) is 5.56 Å². The number of hydrogen-bond donors (Lipinski definition) is 1. The first-order valence-electron chi connectivity index (χ1n) is 10.6. The molecule has 0 aliphatic carbocycles. The van der Waals surface area contributed by atoms with Gasteiger partial charge in [0.1, 0.15) is 18.0 Å². The van der Waals surface area contributed by atoms with Crippen LogP contribution in [0.1, 0.15) is 13.3 Å². The molecule has 2 heterocycles. The Bertz CT molecular complexity index is 1230. The van der Waals surface area contributed by atoms with Gasteiger partial charge in [-0.25, -0.2) is 22.8 Å². The minimum Gasteiger partial charge on any atom is -0.354 e. The van der Waals surface area contributed by atoms with E-state index in [1.54, 1.807) is 31.2 Å². The lowest BCUT2D eigenvalue weighted by atomic mass is 10.1. The Morgan fingerprint density at radius 3 is 2.30 bits per heavy atom. The van der Waals surface area contributed by atoms with Crippen molar-refractivity contribution in [3.05, 3.63) is 66.7 Å². The highest BCUT2D eigenvalue weighted by Crippen LogP contribution is 2.24. The largest absolute Gasteiger partial charge is 0.354 e. The van der Waals surface area contributed by atoms with Crippen molar-refractivity contribution < 1.29 is 17.6 Å².